The largest absolute Gasteiger partial charge is 0.457 e. The fraction of sp³-hybridized carbons (Fsp3) is 0.227. The van der Waals surface area contributed by atoms with Gasteiger partial charge in [-0.05, 0) is 73.5 Å². The Balaban J connectivity index is 1.35. The average Bonchev–Trinajstić information content (AvgIpc) is 2.76. The van der Waals surface area contributed by atoms with Crippen molar-refractivity contribution in [1.29, 1.82) is 0 Å². The fourth-order valence-electron chi connectivity index (χ4n) is 3.44. The van der Waals surface area contributed by atoms with Crippen molar-refractivity contribution in [3.05, 3.63) is 77.7 Å². The van der Waals surface area contributed by atoms with E-state index in [1.54, 1.807) is 42.5 Å². The fourth-order valence-corrected chi connectivity index (χ4v) is 3.44. The molecular weight excluding hydrogens is 371 g/mol. The molecule has 29 heavy (non-hydrogen) atoms. The number of rotatable bonds is 4. The van der Waals surface area contributed by atoms with Gasteiger partial charge in [-0.25, -0.2) is 4.39 Å². The molecule has 7 heteroatoms. The molecule has 1 aliphatic heterocycles. The van der Waals surface area contributed by atoms with Gasteiger partial charge >= 0.3 is 0 Å². The van der Waals surface area contributed by atoms with Crippen molar-refractivity contribution in [2.75, 3.05) is 18.8 Å². The van der Waals surface area contributed by atoms with Crippen LogP contribution < -0.4 is 10.5 Å². The van der Waals surface area contributed by atoms with Gasteiger partial charge in [0, 0.05) is 24.6 Å². The number of nitrogens with zero attached hydrogens (tertiary/aromatic N) is 3. The first-order valence-corrected chi connectivity index (χ1v) is 9.50. The first-order valence-electron chi connectivity index (χ1n) is 9.50. The number of carbonyl (C=O) groups is 1. The molecule has 0 atom stereocenters. The summed E-state index contributed by atoms with van der Waals surface area (Å²) in [5, 5.41) is 8.08. The van der Waals surface area contributed by atoms with E-state index in [1.807, 2.05) is 11.0 Å². The summed E-state index contributed by atoms with van der Waals surface area (Å²) in [6.45, 7) is 1.34. The van der Waals surface area contributed by atoms with Crippen LogP contribution in [0.5, 0.6) is 11.5 Å². The molecule has 0 bridgehead atoms. The molecule has 1 fully saturated rings. The summed E-state index contributed by atoms with van der Waals surface area (Å²) in [6, 6.07) is 16.4. The number of benzene rings is 2. The van der Waals surface area contributed by atoms with Crippen molar-refractivity contribution in [1.82, 2.24) is 15.1 Å². The van der Waals surface area contributed by atoms with Crippen LogP contribution in [0.1, 0.15) is 34.8 Å². The van der Waals surface area contributed by atoms with Crippen molar-refractivity contribution in [2.45, 2.75) is 18.8 Å². The second-order valence-corrected chi connectivity index (χ2v) is 7.03. The van der Waals surface area contributed by atoms with Crippen LogP contribution >= 0.6 is 0 Å². The van der Waals surface area contributed by atoms with Crippen molar-refractivity contribution in [3.8, 4) is 11.5 Å². The van der Waals surface area contributed by atoms with Gasteiger partial charge in [-0.1, -0.05) is 0 Å². The third-order valence-corrected chi connectivity index (χ3v) is 5.06. The van der Waals surface area contributed by atoms with Crippen LogP contribution in [0.3, 0.4) is 0 Å². The quantitative estimate of drug-likeness (QED) is 0.726. The Morgan fingerprint density at radius 2 is 1.55 bits per heavy atom. The predicted molar refractivity (Wildman–Crippen MR) is 107 cm³/mol. The highest BCUT2D eigenvalue weighted by atomic mass is 19.1. The molecule has 148 valence electrons. The maximum absolute atomic E-state index is 13.0. The Hall–Kier alpha value is -3.48. The number of amides is 1. The molecule has 1 saturated heterocycles. The number of nitrogens with two attached hydrogens (primary N) is 1. The Morgan fingerprint density at radius 1 is 0.931 bits per heavy atom. The summed E-state index contributed by atoms with van der Waals surface area (Å²) < 4.78 is 18.6. The molecule has 6 nitrogen and oxygen atoms in total. The van der Waals surface area contributed by atoms with Gasteiger partial charge in [0.05, 0.1) is 5.69 Å². The first kappa shape index (κ1) is 18.9. The molecule has 1 aromatic heterocycles. The summed E-state index contributed by atoms with van der Waals surface area (Å²) in [7, 11) is 0. The van der Waals surface area contributed by atoms with Gasteiger partial charge < -0.3 is 15.4 Å². The van der Waals surface area contributed by atoms with Crippen molar-refractivity contribution in [3.63, 3.8) is 0 Å². The Kier molecular flexibility index (Phi) is 5.37. The lowest BCUT2D eigenvalue weighted by molar-refractivity contribution is 0.0712. The van der Waals surface area contributed by atoms with Gasteiger partial charge in [0.15, 0.2) is 0 Å². The van der Waals surface area contributed by atoms with Gasteiger partial charge in [0.25, 0.3) is 5.91 Å². The molecule has 2 heterocycles. The minimum Gasteiger partial charge on any atom is -0.457 e. The number of likely N-dealkylation sites (tertiary alicyclic amines) is 1. The van der Waals surface area contributed by atoms with Crippen molar-refractivity contribution < 1.29 is 13.9 Å². The van der Waals surface area contributed by atoms with Crippen LogP contribution in [-0.2, 0) is 0 Å². The zero-order valence-corrected chi connectivity index (χ0v) is 15.8. The van der Waals surface area contributed by atoms with E-state index in [9.17, 15) is 9.18 Å². The number of nitrogen functional groups attached to an aromatic ring is 1. The summed E-state index contributed by atoms with van der Waals surface area (Å²) >= 11 is 0. The smallest absolute Gasteiger partial charge is 0.253 e. The number of piperidine rings is 1. The Morgan fingerprint density at radius 3 is 2.14 bits per heavy atom. The highest BCUT2D eigenvalue weighted by molar-refractivity contribution is 5.94. The summed E-state index contributed by atoms with van der Waals surface area (Å²) in [6.07, 6.45) is 1.69. The van der Waals surface area contributed by atoms with Gasteiger partial charge in [0.2, 0.25) is 0 Å². The zero-order valence-electron chi connectivity index (χ0n) is 15.8. The lowest BCUT2D eigenvalue weighted by atomic mass is 9.93. The highest BCUT2D eigenvalue weighted by Crippen LogP contribution is 2.28. The average molecular weight is 392 g/mol. The number of anilines is 1. The van der Waals surface area contributed by atoms with E-state index in [2.05, 4.69) is 10.2 Å². The lowest BCUT2D eigenvalue weighted by Gasteiger charge is -2.31. The maximum Gasteiger partial charge on any atom is 0.253 e. The molecule has 3 aromatic rings. The monoisotopic (exact) mass is 392 g/mol. The molecule has 0 unspecified atom stereocenters. The summed E-state index contributed by atoms with van der Waals surface area (Å²) in [4.78, 5) is 14.7. The predicted octanol–water partition coefficient (Wildman–Crippen LogP) is 4.01. The summed E-state index contributed by atoms with van der Waals surface area (Å²) in [5.41, 5.74) is 7.13. The molecule has 1 amide bonds. The number of hydrogen-bond donors (Lipinski definition) is 1. The maximum atomic E-state index is 13.0. The SMILES string of the molecule is Nc1ccc(C2CCN(C(=O)c3ccc(Oc4ccc(F)cc4)cc3)CC2)nn1. The molecular formula is C22H21FN4O2. The molecule has 0 spiro atoms. The number of carbonyl (C=O) groups excluding carboxylic acids is 1. The van der Waals surface area contributed by atoms with Crippen LogP contribution in [0, 0.1) is 5.82 Å². The first-order chi connectivity index (χ1) is 14.1. The molecule has 4 rings (SSSR count). The van der Waals surface area contributed by atoms with E-state index in [0.717, 1.165) is 18.5 Å². The minimum absolute atomic E-state index is 0.000160. The van der Waals surface area contributed by atoms with Gasteiger partial charge in [0.1, 0.15) is 23.1 Å². The Labute approximate surface area is 168 Å². The minimum atomic E-state index is -0.314. The molecule has 0 aliphatic carbocycles. The number of hydrogen-bond acceptors (Lipinski definition) is 5. The normalized spacial score (nSPS) is 14.6. The van der Waals surface area contributed by atoms with E-state index in [1.165, 1.54) is 12.1 Å². The second kappa shape index (κ2) is 8.26. The topological polar surface area (TPSA) is 81.3 Å². The molecule has 2 aromatic carbocycles. The third-order valence-electron chi connectivity index (χ3n) is 5.06. The van der Waals surface area contributed by atoms with Crippen LogP contribution in [0.4, 0.5) is 10.2 Å². The lowest BCUT2D eigenvalue weighted by Crippen LogP contribution is -2.38. The molecule has 2 N–H and O–H groups in total. The number of halogens is 1. The van der Waals surface area contributed by atoms with E-state index in [0.29, 0.717) is 41.9 Å². The van der Waals surface area contributed by atoms with E-state index in [-0.39, 0.29) is 11.7 Å². The van der Waals surface area contributed by atoms with Crippen molar-refractivity contribution >= 4 is 11.7 Å². The highest BCUT2D eigenvalue weighted by Gasteiger charge is 2.25. The van der Waals surface area contributed by atoms with E-state index < -0.39 is 0 Å². The molecule has 0 saturated carbocycles. The van der Waals surface area contributed by atoms with Crippen LogP contribution in [0.15, 0.2) is 60.7 Å². The zero-order chi connectivity index (χ0) is 20.2. The third kappa shape index (κ3) is 4.51. The summed E-state index contributed by atoms with van der Waals surface area (Å²) in [5.74, 6) is 1.52. The van der Waals surface area contributed by atoms with Crippen LogP contribution in [0.25, 0.3) is 0 Å². The van der Waals surface area contributed by atoms with Crippen molar-refractivity contribution in [2.24, 2.45) is 0 Å². The number of aromatic nitrogens is 2. The van der Waals surface area contributed by atoms with E-state index >= 15 is 0 Å². The van der Waals surface area contributed by atoms with Gasteiger partial charge in [-0.2, -0.15) is 5.10 Å². The standard InChI is InChI=1S/C22H21FN4O2/c23-17-3-7-19(8-4-17)29-18-5-1-16(2-6-18)22(28)27-13-11-15(12-14-27)20-9-10-21(24)26-25-20/h1-10,15H,11-14H2,(H2,24,26). The van der Waals surface area contributed by atoms with Gasteiger partial charge in [-0.3, -0.25) is 4.79 Å². The van der Waals surface area contributed by atoms with Crippen LogP contribution in [0.2, 0.25) is 0 Å². The second-order valence-electron chi connectivity index (χ2n) is 7.03. The van der Waals surface area contributed by atoms with E-state index in [4.69, 9.17) is 10.5 Å². The molecule has 1 aliphatic rings. The van der Waals surface area contributed by atoms with Crippen LogP contribution in [-0.4, -0.2) is 34.1 Å². The number of ether oxygens (including phenoxy) is 1. The Bertz CT molecular complexity index is 967. The molecule has 0 radical (unpaired) electrons. The van der Waals surface area contributed by atoms with Gasteiger partial charge in [-0.15, -0.1) is 5.10 Å².